The van der Waals surface area contributed by atoms with Gasteiger partial charge in [-0.15, -0.1) is 0 Å². The van der Waals surface area contributed by atoms with Gasteiger partial charge in [-0.05, 0) is 43.4 Å². The highest BCUT2D eigenvalue weighted by Gasteiger charge is 2.37. The molecule has 2 amide bonds. The zero-order chi connectivity index (χ0) is 16.1. The SMILES string of the molecule is O=C(NCc1ccncc1)[C@H]1CCCN1C(=O)C1CCCCC1. The van der Waals surface area contributed by atoms with Crippen molar-refractivity contribution in [2.45, 2.75) is 57.5 Å². The molecule has 1 aromatic heterocycles. The Morgan fingerprint density at radius 1 is 1.09 bits per heavy atom. The molecule has 1 aliphatic carbocycles. The number of likely N-dealkylation sites (tertiary alicyclic amines) is 1. The molecule has 1 saturated heterocycles. The summed E-state index contributed by atoms with van der Waals surface area (Å²) in [5, 5.41) is 2.97. The summed E-state index contributed by atoms with van der Waals surface area (Å²) in [4.78, 5) is 31.0. The van der Waals surface area contributed by atoms with Gasteiger partial charge in [-0.1, -0.05) is 19.3 Å². The molecule has 0 unspecified atom stereocenters. The first-order chi connectivity index (χ1) is 11.3. The maximum atomic E-state index is 12.7. The van der Waals surface area contributed by atoms with E-state index in [0.29, 0.717) is 6.54 Å². The lowest BCUT2D eigenvalue weighted by atomic mass is 9.88. The molecule has 5 nitrogen and oxygen atoms in total. The van der Waals surface area contributed by atoms with Crippen LogP contribution in [0.1, 0.15) is 50.5 Å². The lowest BCUT2D eigenvalue weighted by molar-refractivity contribution is -0.142. The molecule has 1 saturated carbocycles. The molecule has 0 bridgehead atoms. The highest BCUT2D eigenvalue weighted by atomic mass is 16.2. The monoisotopic (exact) mass is 315 g/mol. The average Bonchev–Trinajstić information content (AvgIpc) is 3.10. The fourth-order valence-electron chi connectivity index (χ4n) is 3.69. The minimum Gasteiger partial charge on any atom is -0.350 e. The predicted molar refractivity (Wildman–Crippen MR) is 87.4 cm³/mol. The van der Waals surface area contributed by atoms with Crippen LogP contribution in [-0.2, 0) is 16.1 Å². The quantitative estimate of drug-likeness (QED) is 0.927. The van der Waals surface area contributed by atoms with E-state index in [0.717, 1.165) is 50.6 Å². The molecule has 2 heterocycles. The van der Waals surface area contributed by atoms with Crippen molar-refractivity contribution in [1.29, 1.82) is 0 Å². The van der Waals surface area contributed by atoms with E-state index >= 15 is 0 Å². The summed E-state index contributed by atoms with van der Waals surface area (Å²) >= 11 is 0. The molecule has 3 rings (SSSR count). The van der Waals surface area contributed by atoms with Gasteiger partial charge < -0.3 is 10.2 Å². The van der Waals surface area contributed by atoms with Gasteiger partial charge in [0.05, 0.1) is 0 Å². The number of aromatic nitrogens is 1. The largest absolute Gasteiger partial charge is 0.350 e. The van der Waals surface area contributed by atoms with E-state index in [-0.39, 0.29) is 23.8 Å². The van der Waals surface area contributed by atoms with Crippen molar-refractivity contribution < 1.29 is 9.59 Å². The predicted octanol–water partition coefficient (Wildman–Crippen LogP) is 2.27. The standard InChI is InChI=1S/C18H25N3O2/c22-17(20-13-14-8-10-19-11-9-14)16-7-4-12-21(16)18(23)15-5-2-1-3-6-15/h8-11,15-16H,1-7,12-13H2,(H,20,22)/t16-/m1/s1. The minimum atomic E-state index is -0.286. The van der Waals surface area contributed by atoms with Crippen LogP contribution in [0.2, 0.25) is 0 Å². The van der Waals surface area contributed by atoms with Gasteiger partial charge >= 0.3 is 0 Å². The first kappa shape index (κ1) is 16.0. The number of nitrogens with one attached hydrogen (secondary N) is 1. The molecule has 0 radical (unpaired) electrons. The fraction of sp³-hybridized carbons (Fsp3) is 0.611. The molecule has 1 aromatic rings. The van der Waals surface area contributed by atoms with Crippen molar-refractivity contribution in [2.75, 3.05) is 6.54 Å². The molecule has 1 aliphatic heterocycles. The van der Waals surface area contributed by atoms with Crippen LogP contribution in [0, 0.1) is 5.92 Å². The maximum Gasteiger partial charge on any atom is 0.243 e. The van der Waals surface area contributed by atoms with Crippen LogP contribution in [0.4, 0.5) is 0 Å². The van der Waals surface area contributed by atoms with Crippen LogP contribution in [0.3, 0.4) is 0 Å². The number of hydrogen-bond donors (Lipinski definition) is 1. The first-order valence-corrected chi connectivity index (χ1v) is 8.73. The normalized spacial score (nSPS) is 22.1. The first-order valence-electron chi connectivity index (χ1n) is 8.73. The summed E-state index contributed by atoms with van der Waals surface area (Å²) in [6, 6.07) is 3.49. The van der Waals surface area contributed by atoms with Gasteiger partial charge in [0.25, 0.3) is 0 Å². The Balaban J connectivity index is 1.57. The smallest absolute Gasteiger partial charge is 0.243 e. The number of nitrogens with zero attached hydrogens (tertiary/aromatic N) is 2. The second kappa shape index (κ2) is 7.57. The van der Waals surface area contributed by atoms with Crippen LogP contribution in [0.15, 0.2) is 24.5 Å². The average molecular weight is 315 g/mol. The molecule has 5 heteroatoms. The number of amides is 2. The van der Waals surface area contributed by atoms with E-state index in [1.807, 2.05) is 17.0 Å². The molecule has 0 aromatic carbocycles. The van der Waals surface area contributed by atoms with E-state index in [1.165, 1.54) is 6.42 Å². The Hall–Kier alpha value is -1.91. The van der Waals surface area contributed by atoms with E-state index in [1.54, 1.807) is 12.4 Å². The zero-order valence-electron chi connectivity index (χ0n) is 13.5. The van der Waals surface area contributed by atoms with Gasteiger partial charge in [-0.3, -0.25) is 14.6 Å². The lowest BCUT2D eigenvalue weighted by Crippen LogP contribution is -2.47. The molecule has 2 aliphatic rings. The molecular formula is C18H25N3O2. The van der Waals surface area contributed by atoms with Gasteiger partial charge in [0.2, 0.25) is 11.8 Å². The molecule has 124 valence electrons. The van der Waals surface area contributed by atoms with Gasteiger partial charge in [0, 0.05) is 31.4 Å². The summed E-state index contributed by atoms with van der Waals surface area (Å²) in [5.74, 6) is 0.312. The van der Waals surface area contributed by atoms with Crippen LogP contribution in [0.25, 0.3) is 0 Å². The summed E-state index contributed by atoms with van der Waals surface area (Å²) in [6.45, 7) is 1.21. The fourth-order valence-corrected chi connectivity index (χ4v) is 3.69. The second-order valence-electron chi connectivity index (χ2n) is 6.60. The van der Waals surface area contributed by atoms with E-state index in [9.17, 15) is 9.59 Å². The molecule has 1 atom stereocenters. The highest BCUT2D eigenvalue weighted by molar-refractivity contribution is 5.89. The highest BCUT2D eigenvalue weighted by Crippen LogP contribution is 2.28. The molecule has 0 spiro atoms. The Kier molecular flexibility index (Phi) is 5.26. The van der Waals surface area contributed by atoms with E-state index in [4.69, 9.17) is 0 Å². The second-order valence-corrected chi connectivity index (χ2v) is 6.60. The number of carbonyl (C=O) groups excluding carboxylic acids is 2. The lowest BCUT2D eigenvalue weighted by Gasteiger charge is -2.30. The molecule has 2 fully saturated rings. The van der Waals surface area contributed by atoms with Crippen molar-refractivity contribution >= 4 is 11.8 Å². The van der Waals surface area contributed by atoms with Crippen LogP contribution >= 0.6 is 0 Å². The van der Waals surface area contributed by atoms with Crippen molar-refractivity contribution in [3.63, 3.8) is 0 Å². The summed E-state index contributed by atoms with van der Waals surface area (Å²) in [6.07, 6.45) is 10.6. The summed E-state index contributed by atoms with van der Waals surface area (Å²) in [5.41, 5.74) is 1.02. The van der Waals surface area contributed by atoms with Crippen LogP contribution in [-0.4, -0.2) is 34.3 Å². The third kappa shape index (κ3) is 3.89. The van der Waals surface area contributed by atoms with Crippen LogP contribution in [0.5, 0.6) is 0 Å². The zero-order valence-corrected chi connectivity index (χ0v) is 13.5. The Morgan fingerprint density at radius 2 is 1.83 bits per heavy atom. The van der Waals surface area contributed by atoms with Crippen molar-refractivity contribution in [2.24, 2.45) is 5.92 Å². The van der Waals surface area contributed by atoms with Gasteiger partial charge in [0.1, 0.15) is 6.04 Å². The van der Waals surface area contributed by atoms with Crippen LogP contribution < -0.4 is 5.32 Å². The third-order valence-corrected chi connectivity index (χ3v) is 5.01. The van der Waals surface area contributed by atoms with Crippen molar-refractivity contribution in [3.05, 3.63) is 30.1 Å². The Bertz CT molecular complexity index is 540. The summed E-state index contributed by atoms with van der Waals surface area (Å²) < 4.78 is 0. The minimum absolute atomic E-state index is 0.0246. The number of hydrogen-bond acceptors (Lipinski definition) is 3. The van der Waals surface area contributed by atoms with Crippen molar-refractivity contribution in [1.82, 2.24) is 15.2 Å². The van der Waals surface area contributed by atoms with Gasteiger partial charge in [-0.25, -0.2) is 0 Å². The maximum absolute atomic E-state index is 12.7. The molecule has 23 heavy (non-hydrogen) atoms. The van der Waals surface area contributed by atoms with Gasteiger partial charge in [0.15, 0.2) is 0 Å². The van der Waals surface area contributed by atoms with Crippen molar-refractivity contribution in [3.8, 4) is 0 Å². The third-order valence-electron chi connectivity index (χ3n) is 5.01. The number of rotatable bonds is 4. The summed E-state index contributed by atoms with van der Waals surface area (Å²) in [7, 11) is 0. The number of carbonyl (C=O) groups is 2. The Labute approximate surface area is 137 Å². The van der Waals surface area contributed by atoms with Gasteiger partial charge in [-0.2, -0.15) is 0 Å². The molecular weight excluding hydrogens is 290 g/mol. The van der Waals surface area contributed by atoms with E-state index in [2.05, 4.69) is 10.3 Å². The molecule has 1 N–H and O–H groups in total. The number of pyridine rings is 1. The topological polar surface area (TPSA) is 62.3 Å². The Morgan fingerprint density at radius 3 is 2.57 bits per heavy atom. The van der Waals surface area contributed by atoms with E-state index < -0.39 is 0 Å².